The van der Waals surface area contributed by atoms with Crippen molar-refractivity contribution in [1.82, 2.24) is 30.2 Å². The molecule has 1 aliphatic rings. The van der Waals surface area contributed by atoms with Gasteiger partial charge in [-0.3, -0.25) is 0 Å². The van der Waals surface area contributed by atoms with E-state index in [4.69, 9.17) is 24.3 Å². The summed E-state index contributed by atoms with van der Waals surface area (Å²) in [4.78, 5) is 35.1. The number of imidazole rings is 1. The molecule has 3 rings (SSSR count). The fraction of sp³-hybridized carbons (Fsp3) is 0.684. The van der Waals surface area contributed by atoms with Crippen LogP contribution in [0.5, 0.6) is 0 Å². The van der Waals surface area contributed by atoms with Crippen molar-refractivity contribution in [2.45, 2.75) is 50.5 Å². The number of anilines is 1. The molecule has 3 atom stereocenters. The molecule has 0 unspecified atom stereocenters. The number of nitrogens with zero attached hydrogens (tertiary/aromatic N) is 4. The molecule has 3 heterocycles. The van der Waals surface area contributed by atoms with E-state index in [0.717, 1.165) is 32.2 Å². The van der Waals surface area contributed by atoms with Gasteiger partial charge in [-0.15, -0.1) is 0 Å². The number of carbonyl (C=O) groups excluding carboxylic acids is 1. The topological polar surface area (TPSA) is 168 Å². The monoisotopic (exact) mass is 499 g/mol. The number of carbonyl (C=O) groups is 1. The molecule has 1 aliphatic heterocycles. The summed E-state index contributed by atoms with van der Waals surface area (Å²) < 4.78 is 24.0. The first kappa shape index (κ1) is 26.5. The van der Waals surface area contributed by atoms with Gasteiger partial charge in [-0.1, -0.05) is 0 Å². The first-order valence-electron chi connectivity index (χ1n) is 11.4. The zero-order valence-corrected chi connectivity index (χ0v) is 20.9. The molecule has 34 heavy (non-hydrogen) atoms. The standard InChI is InChI=1S/C19H35BN7O6P/c1-22-7-5-3-4-6-8-23-19(28)33-14-9-13(10-31-34(20,29)30-2)32-18(14)27-12-26-15-16(21)24-11-25-17(15)27/h11-14,18,22,29,34H,3-10,20H2,1-2H3,(H,23,28)(H2,21,24,25)/t13-,14-,18+/m0/s1. The fourth-order valence-electron chi connectivity index (χ4n) is 3.69. The Morgan fingerprint density at radius 1 is 1.32 bits per heavy atom. The van der Waals surface area contributed by atoms with Crippen LogP contribution in [0.15, 0.2) is 12.7 Å². The Kier molecular flexibility index (Phi) is 9.80. The minimum atomic E-state index is -3.23. The quantitative estimate of drug-likeness (QED) is 0.170. The van der Waals surface area contributed by atoms with Gasteiger partial charge in [0.1, 0.15) is 0 Å². The van der Waals surface area contributed by atoms with Crippen LogP contribution in [0.2, 0.25) is 0 Å². The zero-order valence-electron chi connectivity index (χ0n) is 19.9. The number of hydrogen-bond donors (Lipinski definition) is 4. The van der Waals surface area contributed by atoms with Crippen molar-refractivity contribution in [2.75, 3.05) is 39.6 Å². The van der Waals surface area contributed by atoms with Gasteiger partial charge < -0.3 is 5.32 Å². The van der Waals surface area contributed by atoms with Crippen molar-refractivity contribution in [3.8, 4) is 0 Å². The van der Waals surface area contributed by atoms with Crippen molar-refractivity contribution in [2.24, 2.45) is 0 Å². The van der Waals surface area contributed by atoms with E-state index in [0.29, 0.717) is 24.1 Å². The van der Waals surface area contributed by atoms with Crippen LogP contribution in [0.3, 0.4) is 0 Å². The summed E-state index contributed by atoms with van der Waals surface area (Å²) in [6.45, 7) is 1.61. The Morgan fingerprint density at radius 3 is 2.82 bits per heavy atom. The van der Waals surface area contributed by atoms with E-state index in [1.807, 2.05) is 7.05 Å². The van der Waals surface area contributed by atoms with Crippen LogP contribution in [0.4, 0.5) is 10.6 Å². The summed E-state index contributed by atoms with van der Waals surface area (Å²) in [7, 11) is 1.61. The van der Waals surface area contributed by atoms with Gasteiger partial charge in [0.2, 0.25) is 0 Å². The predicted molar refractivity (Wildman–Crippen MR) is 131 cm³/mol. The molecule has 0 spiro atoms. The molecule has 190 valence electrons. The second kappa shape index (κ2) is 12.6. The third-order valence-corrected chi connectivity index (χ3v) is 7.06. The Labute approximate surface area is 200 Å². The number of hydrogen-bond acceptors (Lipinski definition) is 11. The predicted octanol–water partition coefficient (Wildman–Crippen LogP) is 0.269. The summed E-state index contributed by atoms with van der Waals surface area (Å²) >= 11 is 0. The van der Waals surface area contributed by atoms with Gasteiger partial charge in [0.05, 0.1) is 0 Å². The van der Waals surface area contributed by atoms with Gasteiger partial charge in [0.25, 0.3) is 0 Å². The number of nitrogens with two attached hydrogens (primary N) is 1. The van der Waals surface area contributed by atoms with Crippen LogP contribution in [0.1, 0.15) is 38.3 Å². The maximum atomic E-state index is 12.5. The number of amides is 1. The van der Waals surface area contributed by atoms with E-state index in [9.17, 15) is 9.69 Å². The summed E-state index contributed by atoms with van der Waals surface area (Å²) in [6, 6.07) is 0. The number of ether oxygens (including phenoxy) is 2. The summed E-state index contributed by atoms with van der Waals surface area (Å²) in [5, 5.41) is 5.93. The second-order valence-corrected chi connectivity index (χ2v) is 10.8. The Bertz CT molecular complexity index is 936. The van der Waals surface area contributed by atoms with Gasteiger partial charge in [-0.2, -0.15) is 0 Å². The number of rotatable bonds is 13. The normalized spacial score (nSPS) is 21.1. The molecule has 0 saturated carbocycles. The molecule has 13 nitrogen and oxygen atoms in total. The molecule has 5 N–H and O–H groups in total. The number of unbranched alkanes of at least 4 members (excludes halogenated alkanes) is 3. The molecule has 1 fully saturated rings. The SMILES string of the molecule is B[PH](O)(OC)OC[C@@H]1C[C@H](OC(=O)NCCCCCCNC)[C@H](n2cnc3c(N)ncnc32)O1. The molecule has 2 aromatic rings. The Hall–Kier alpha value is -2.09. The Balaban J connectivity index is 1.63. The van der Waals surface area contributed by atoms with Crippen LogP contribution in [-0.4, -0.2) is 84.1 Å². The van der Waals surface area contributed by atoms with Crippen LogP contribution >= 0.6 is 7.82 Å². The van der Waals surface area contributed by atoms with E-state index in [1.54, 1.807) is 4.57 Å². The van der Waals surface area contributed by atoms with Gasteiger partial charge in [0, 0.05) is 0 Å². The fourth-order valence-corrected chi connectivity index (χ4v) is 4.30. The average molecular weight is 499 g/mol. The maximum absolute atomic E-state index is 12.5. The summed E-state index contributed by atoms with van der Waals surface area (Å²) in [5.74, 6) is 0.244. The van der Waals surface area contributed by atoms with Gasteiger partial charge >= 0.3 is 174 Å². The number of alkyl carbamates (subject to hydrolysis) is 1. The van der Waals surface area contributed by atoms with Crippen LogP contribution in [0.25, 0.3) is 11.2 Å². The van der Waals surface area contributed by atoms with E-state index in [2.05, 4.69) is 25.6 Å². The molecule has 1 saturated heterocycles. The molecule has 2 aromatic heterocycles. The van der Waals surface area contributed by atoms with Crippen LogP contribution in [-0.2, 0) is 18.5 Å². The van der Waals surface area contributed by atoms with Crippen LogP contribution in [0, 0.1) is 0 Å². The van der Waals surface area contributed by atoms with Crippen LogP contribution < -0.4 is 16.4 Å². The number of nitrogens with one attached hydrogen (secondary N) is 2. The molecular weight excluding hydrogens is 464 g/mol. The molecule has 0 radical (unpaired) electrons. The molecule has 1 amide bonds. The third-order valence-electron chi connectivity index (χ3n) is 5.60. The van der Waals surface area contributed by atoms with Crippen molar-refractivity contribution in [3.63, 3.8) is 0 Å². The van der Waals surface area contributed by atoms with E-state index >= 15 is 0 Å². The molecule has 0 aromatic carbocycles. The number of nitrogen functional groups attached to an aromatic ring is 1. The van der Waals surface area contributed by atoms with E-state index in [-0.39, 0.29) is 12.4 Å². The molecule has 0 bridgehead atoms. The third kappa shape index (κ3) is 7.21. The van der Waals surface area contributed by atoms with Gasteiger partial charge in [-0.05, 0) is 20.0 Å². The molecule has 15 heteroatoms. The van der Waals surface area contributed by atoms with Crippen molar-refractivity contribution in [1.29, 1.82) is 0 Å². The minimum absolute atomic E-state index is 0.0847. The van der Waals surface area contributed by atoms with Gasteiger partial charge in [-0.25, -0.2) is 0 Å². The first-order chi connectivity index (χ1) is 16.3. The second-order valence-electron chi connectivity index (χ2n) is 8.27. The van der Waals surface area contributed by atoms with Crippen molar-refractivity contribution < 1.29 is 28.2 Å². The van der Waals surface area contributed by atoms with Gasteiger partial charge in [0.15, 0.2) is 0 Å². The first-order valence-corrected chi connectivity index (χ1v) is 13.7. The van der Waals surface area contributed by atoms with E-state index in [1.165, 1.54) is 27.3 Å². The molecular formula is C19H35BN7O6P. The number of fused-ring (bicyclic) bond motifs is 1. The van der Waals surface area contributed by atoms with Crippen molar-refractivity contribution >= 4 is 38.5 Å². The summed E-state index contributed by atoms with van der Waals surface area (Å²) in [6.07, 6.45) is 5.05. The average Bonchev–Trinajstić information content (AvgIpc) is 3.42. The Morgan fingerprint density at radius 2 is 2.09 bits per heavy atom. The van der Waals surface area contributed by atoms with Crippen molar-refractivity contribution in [3.05, 3.63) is 12.7 Å². The van der Waals surface area contributed by atoms with E-state index < -0.39 is 32.4 Å². The summed E-state index contributed by atoms with van der Waals surface area (Å²) in [5.41, 5.74) is 6.80. The number of aromatic nitrogens is 4. The molecule has 0 aliphatic carbocycles. The zero-order chi connectivity index (χ0) is 24.6.